The Morgan fingerprint density at radius 2 is 0.848 bits per heavy atom. The summed E-state index contributed by atoms with van der Waals surface area (Å²) in [5, 5.41) is 6.98. The van der Waals surface area contributed by atoms with Gasteiger partial charge in [0.25, 0.3) is 0 Å². The van der Waals surface area contributed by atoms with E-state index in [1.54, 1.807) is 0 Å². The molecule has 0 aliphatic rings. The van der Waals surface area contributed by atoms with E-state index in [0.717, 1.165) is 94.3 Å². The van der Waals surface area contributed by atoms with E-state index in [1.807, 2.05) is 36.4 Å². The highest BCUT2D eigenvalue weighted by atomic mass is 16.3. The third-order valence-corrected chi connectivity index (χ3v) is 13.0. The highest BCUT2D eigenvalue weighted by Gasteiger charge is 2.19. The second kappa shape index (κ2) is 15.4. The maximum atomic E-state index is 6.82. The number of hydrogen-bond acceptors (Lipinski definition) is 3. The van der Waals surface area contributed by atoms with Gasteiger partial charge < -0.3 is 8.98 Å². The van der Waals surface area contributed by atoms with Crippen molar-refractivity contribution >= 4 is 54.5 Å². The lowest BCUT2D eigenvalue weighted by Gasteiger charge is -2.12. The van der Waals surface area contributed by atoms with Crippen LogP contribution in [0.3, 0.4) is 0 Å². The van der Waals surface area contributed by atoms with Crippen molar-refractivity contribution in [2.24, 2.45) is 0 Å². The second-order valence-electron chi connectivity index (χ2n) is 16.9. The largest absolute Gasteiger partial charge is 0.455 e. The van der Waals surface area contributed by atoms with Crippen LogP contribution in [0.15, 0.2) is 241 Å². The predicted octanol–water partition coefficient (Wildman–Crippen LogP) is 16.6. The maximum Gasteiger partial charge on any atom is 0.160 e. The average molecular weight is 842 g/mol. The summed E-state index contributed by atoms with van der Waals surface area (Å²) in [5.74, 6) is 0.701. The summed E-state index contributed by atoms with van der Waals surface area (Å²) in [7, 11) is 0. The third-order valence-electron chi connectivity index (χ3n) is 13.0. The lowest BCUT2D eigenvalue weighted by molar-refractivity contribution is 0.673. The van der Waals surface area contributed by atoms with Crippen LogP contribution in [0.25, 0.3) is 127 Å². The number of aromatic nitrogens is 3. The quantitative estimate of drug-likeness (QED) is 0.161. The molecular formula is C62H39N3O. The van der Waals surface area contributed by atoms with Gasteiger partial charge in [-0.05, 0) is 93.4 Å². The van der Waals surface area contributed by atoms with Crippen LogP contribution in [0.5, 0.6) is 0 Å². The molecule has 0 atom stereocenters. The summed E-state index contributed by atoms with van der Waals surface area (Å²) in [4.78, 5) is 10.1. The molecule has 13 aromatic rings. The molecule has 0 radical (unpaired) electrons. The number of furan rings is 1. The molecule has 0 unspecified atom stereocenters. The molecule has 0 amide bonds. The molecule has 0 saturated carbocycles. The molecule has 4 heteroatoms. The zero-order valence-corrected chi connectivity index (χ0v) is 35.8. The Labute approximate surface area is 381 Å². The molecule has 308 valence electrons. The fraction of sp³-hybridized carbons (Fsp3) is 0. The number of rotatable bonds is 7. The first-order valence-electron chi connectivity index (χ1n) is 22.4. The molecule has 13 rings (SSSR count). The topological polar surface area (TPSA) is 43.9 Å². The van der Waals surface area contributed by atoms with Crippen LogP contribution in [-0.4, -0.2) is 14.5 Å². The first-order chi connectivity index (χ1) is 32.7. The molecular weight excluding hydrogens is 803 g/mol. The van der Waals surface area contributed by atoms with Crippen LogP contribution in [0.4, 0.5) is 0 Å². The van der Waals surface area contributed by atoms with Gasteiger partial charge >= 0.3 is 0 Å². The summed E-state index contributed by atoms with van der Waals surface area (Å²) in [5.41, 5.74) is 16.9. The van der Waals surface area contributed by atoms with E-state index in [4.69, 9.17) is 14.4 Å². The molecule has 3 aromatic heterocycles. The van der Waals surface area contributed by atoms with Crippen LogP contribution >= 0.6 is 0 Å². The molecule has 10 aromatic carbocycles. The van der Waals surface area contributed by atoms with E-state index in [1.165, 1.54) is 27.4 Å². The number of para-hydroxylation sites is 2. The Morgan fingerprint density at radius 1 is 0.318 bits per heavy atom. The zero-order chi connectivity index (χ0) is 43.6. The third kappa shape index (κ3) is 6.30. The van der Waals surface area contributed by atoms with E-state index < -0.39 is 0 Å². The number of nitrogens with zero attached hydrogens (tertiary/aromatic N) is 3. The Balaban J connectivity index is 0.913. The van der Waals surface area contributed by atoms with Gasteiger partial charge in [0.05, 0.1) is 22.4 Å². The van der Waals surface area contributed by atoms with Crippen LogP contribution in [0, 0.1) is 0 Å². The van der Waals surface area contributed by atoms with Gasteiger partial charge in [-0.3, -0.25) is 0 Å². The summed E-state index contributed by atoms with van der Waals surface area (Å²) in [6, 6.07) is 83.9. The molecule has 0 saturated heterocycles. The summed E-state index contributed by atoms with van der Waals surface area (Å²) in [6.45, 7) is 0. The van der Waals surface area contributed by atoms with Gasteiger partial charge in [-0.2, -0.15) is 0 Å². The minimum absolute atomic E-state index is 0.701. The highest BCUT2D eigenvalue weighted by molar-refractivity contribution is 6.22. The summed E-state index contributed by atoms with van der Waals surface area (Å²) >= 11 is 0. The number of benzene rings is 10. The lowest BCUT2D eigenvalue weighted by Crippen LogP contribution is -1.96. The van der Waals surface area contributed by atoms with Crippen molar-refractivity contribution in [3.8, 4) is 73.0 Å². The number of hydrogen-bond donors (Lipinski definition) is 0. The fourth-order valence-electron chi connectivity index (χ4n) is 9.91. The van der Waals surface area contributed by atoms with Crippen molar-refractivity contribution in [2.45, 2.75) is 0 Å². The number of fused-ring (bicyclic) bond motifs is 8. The summed E-state index contributed by atoms with van der Waals surface area (Å²) in [6.07, 6.45) is 0. The van der Waals surface area contributed by atoms with Crippen molar-refractivity contribution in [2.75, 3.05) is 0 Å². The van der Waals surface area contributed by atoms with Crippen molar-refractivity contribution < 1.29 is 4.42 Å². The molecule has 4 nitrogen and oxygen atoms in total. The van der Waals surface area contributed by atoms with Crippen molar-refractivity contribution in [1.82, 2.24) is 14.5 Å². The van der Waals surface area contributed by atoms with Gasteiger partial charge in [0.2, 0.25) is 0 Å². The summed E-state index contributed by atoms with van der Waals surface area (Å²) < 4.78 is 9.19. The van der Waals surface area contributed by atoms with Crippen molar-refractivity contribution in [3.63, 3.8) is 0 Å². The van der Waals surface area contributed by atoms with Crippen LogP contribution in [0.2, 0.25) is 0 Å². The maximum absolute atomic E-state index is 6.82. The highest BCUT2D eigenvalue weighted by Crippen LogP contribution is 2.44. The average Bonchev–Trinajstić information content (AvgIpc) is 3.95. The molecule has 0 fully saturated rings. The normalized spacial score (nSPS) is 11.6. The first-order valence-corrected chi connectivity index (χ1v) is 22.4. The Kier molecular flexibility index (Phi) is 8.81. The van der Waals surface area contributed by atoms with Gasteiger partial charge in [-0.1, -0.05) is 182 Å². The molecule has 0 spiro atoms. The van der Waals surface area contributed by atoms with Gasteiger partial charge in [0, 0.05) is 49.3 Å². The SMILES string of the molecule is c1ccc(-c2cc(-c3cccc(-c4cccc(-c5cccc6oc7c8ccccc8c(-c8ccc(-n9c%10ccccc%10c%10ccccc%109)cc8)cc7c56)c4)c3)nc(-c3ccccc3)n2)cc1. The minimum Gasteiger partial charge on any atom is -0.455 e. The monoisotopic (exact) mass is 841 g/mol. The zero-order valence-electron chi connectivity index (χ0n) is 35.8. The van der Waals surface area contributed by atoms with Gasteiger partial charge in [0.15, 0.2) is 5.82 Å². The van der Waals surface area contributed by atoms with Crippen molar-refractivity contribution in [3.05, 3.63) is 237 Å². The minimum atomic E-state index is 0.701. The fourth-order valence-corrected chi connectivity index (χ4v) is 9.91. The van der Waals surface area contributed by atoms with E-state index >= 15 is 0 Å². The Morgan fingerprint density at radius 3 is 1.55 bits per heavy atom. The smallest absolute Gasteiger partial charge is 0.160 e. The molecule has 0 bridgehead atoms. The first kappa shape index (κ1) is 37.7. The van der Waals surface area contributed by atoms with Gasteiger partial charge in [-0.15, -0.1) is 0 Å². The van der Waals surface area contributed by atoms with E-state index in [-0.39, 0.29) is 0 Å². The van der Waals surface area contributed by atoms with Gasteiger partial charge in [0.1, 0.15) is 11.2 Å². The molecule has 66 heavy (non-hydrogen) atoms. The molecule has 3 heterocycles. The standard InChI is InChI=1S/C62H39N3O/c1-3-16-41(17-4-1)55-39-56(64-62(63-55)42-18-5-2-6-19-42)46-23-14-21-44(37-46)43-20-13-22-45(36-43)48-28-15-31-59-60(48)54-38-53(49-24-7-8-27-52(49)61(54)66-59)40-32-34-47(35-33-40)65-57-29-11-9-25-50(57)51-26-10-12-30-58(51)65/h1-39H. The lowest BCUT2D eigenvalue weighted by atomic mass is 9.92. The Bertz CT molecular complexity index is 3870. The predicted molar refractivity (Wildman–Crippen MR) is 274 cm³/mol. The van der Waals surface area contributed by atoms with E-state index in [0.29, 0.717) is 5.82 Å². The van der Waals surface area contributed by atoms with Crippen LogP contribution < -0.4 is 0 Å². The molecule has 0 aliphatic carbocycles. The second-order valence-corrected chi connectivity index (χ2v) is 16.9. The van der Waals surface area contributed by atoms with Crippen molar-refractivity contribution in [1.29, 1.82) is 0 Å². The Hall–Kier alpha value is -8.86. The van der Waals surface area contributed by atoms with E-state index in [9.17, 15) is 0 Å². The van der Waals surface area contributed by atoms with Crippen LogP contribution in [-0.2, 0) is 0 Å². The molecule has 0 aliphatic heterocycles. The molecule has 0 N–H and O–H groups in total. The van der Waals surface area contributed by atoms with E-state index in [2.05, 4.69) is 205 Å². The van der Waals surface area contributed by atoms with Crippen LogP contribution in [0.1, 0.15) is 0 Å². The van der Waals surface area contributed by atoms with Gasteiger partial charge in [-0.25, -0.2) is 9.97 Å².